The van der Waals surface area contributed by atoms with Crippen LogP contribution in [0.5, 0.6) is 0 Å². The van der Waals surface area contributed by atoms with Gasteiger partial charge in [0.25, 0.3) is 10.0 Å². The molecule has 7 nitrogen and oxygen atoms in total. The lowest BCUT2D eigenvalue weighted by Crippen LogP contribution is -2.52. The SMILES string of the molecule is CC[C@H](C(=O)NCC(C)C)N(Cc1ccc(C)cc1)C(=O)CN(c1ccccc1F)S(=O)(=O)c1ccc(C)cc1. The van der Waals surface area contributed by atoms with Crippen molar-refractivity contribution in [2.45, 2.75) is 58.5 Å². The highest BCUT2D eigenvalue weighted by molar-refractivity contribution is 7.92. The molecule has 0 saturated heterocycles. The van der Waals surface area contributed by atoms with Gasteiger partial charge < -0.3 is 10.2 Å². The van der Waals surface area contributed by atoms with Crippen molar-refractivity contribution in [2.75, 3.05) is 17.4 Å². The average molecular weight is 568 g/mol. The van der Waals surface area contributed by atoms with E-state index in [2.05, 4.69) is 5.32 Å². The lowest BCUT2D eigenvalue weighted by Gasteiger charge is -2.33. The van der Waals surface area contributed by atoms with Gasteiger partial charge in [-0.2, -0.15) is 0 Å². The maximum Gasteiger partial charge on any atom is 0.264 e. The van der Waals surface area contributed by atoms with Crippen LogP contribution in [0.25, 0.3) is 0 Å². The van der Waals surface area contributed by atoms with Gasteiger partial charge in [-0.15, -0.1) is 0 Å². The van der Waals surface area contributed by atoms with Crippen molar-refractivity contribution >= 4 is 27.5 Å². The van der Waals surface area contributed by atoms with E-state index in [0.29, 0.717) is 13.0 Å². The van der Waals surface area contributed by atoms with Crippen molar-refractivity contribution in [1.82, 2.24) is 10.2 Å². The Labute approximate surface area is 237 Å². The lowest BCUT2D eigenvalue weighted by molar-refractivity contribution is -0.140. The molecule has 214 valence electrons. The standard InChI is InChI=1S/C31H38FN3O4S/c1-6-28(31(37)33-19-22(2)3)34(20-25-15-11-23(4)12-16-25)30(36)21-35(29-10-8-7-9-27(29)32)40(38,39)26-17-13-24(5)14-18-26/h7-18,22,28H,6,19-21H2,1-5H3,(H,33,37)/t28-/m1/s1. The summed E-state index contributed by atoms with van der Waals surface area (Å²) in [4.78, 5) is 28.6. The van der Waals surface area contributed by atoms with Crippen LogP contribution in [0.4, 0.5) is 10.1 Å². The van der Waals surface area contributed by atoms with Crippen molar-refractivity contribution in [1.29, 1.82) is 0 Å². The predicted octanol–water partition coefficient (Wildman–Crippen LogP) is 5.22. The number of hydrogen-bond acceptors (Lipinski definition) is 4. The van der Waals surface area contributed by atoms with Crippen molar-refractivity contribution in [3.63, 3.8) is 0 Å². The Morgan fingerprint density at radius 1 is 0.900 bits per heavy atom. The highest BCUT2D eigenvalue weighted by Gasteiger charge is 2.34. The predicted molar refractivity (Wildman–Crippen MR) is 156 cm³/mol. The number of halogens is 1. The van der Waals surface area contributed by atoms with E-state index < -0.39 is 34.3 Å². The van der Waals surface area contributed by atoms with Gasteiger partial charge in [0.05, 0.1) is 10.6 Å². The van der Waals surface area contributed by atoms with Crippen LogP contribution in [-0.2, 0) is 26.2 Å². The summed E-state index contributed by atoms with van der Waals surface area (Å²) in [6, 6.07) is 18.3. The number of amides is 2. The minimum Gasteiger partial charge on any atom is -0.354 e. The number of benzene rings is 3. The van der Waals surface area contributed by atoms with Crippen molar-refractivity contribution < 1.29 is 22.4 Å². The maximum atomic E-state index is 15.0. The number of rotatable bonds is 12. The van der Waals surface area contributed by atoms with Gasteiger partial charge in [0, 0.05) is 13.1 Å². The molecule has 3 rings (SSSR count). The lowest BCUT2D eigenvalue weighted by atomic mass is 10.1. The highest BCUT2D eigenvalue weighted by atomic mass is 32.2. The summed E-state index contributed by atoms with van der Waals surface area (Å²) < 4.78 is 43.4. The van der Waals surface area contributed by atoms with E-state index >= 15 is 4.39 Å². The fourth-order valence-corrected chi connectivity index (χ4v) is 5.66. The Hall–Kier alpha value is -3.72. The zero-order valence-corrected chi connectivity index (χ0v) is 24.5. The number of carbonyl (C=O) groups excluding carboxylic acids is 2. The molecule has 0 aromatic heterocycles. The van der Waals surface area contributed by atoms with Crippen LogP contribution >= 0.6 is 0 Å². The first-order valence-electron chi connectivity index (χ1n) is 13.4. The average Bonchev–Trinajstić information content (AvgIpc) is 2.92. The molecule has 9 heteroatoms. The number of anilines is 1. The van der Waals surface area contributed by atoms with E-state index in [0.717, 1.165) is 27.1 Å². The second-order valence-corrected chi connectivity index (χ2v) is 12.2. The van der Waals surface area contributed by atoms with Crippen LogP contribution in [0.1, 0.15) is 43.9 Å². The molecule has 0 heterocycles. The molecule has 0 fully saturated rings. The molecule has 3 aromatic rings. The van der Waals surface area contributed by atoms with Gasteiger partial charge in [0.2, 0.25) is 11.8 Å². The molecule has 0 saturated carbocycles. The fraction of sp³-hybridized carbons (Fsp3) is 0.355. The van der Waals surface area contributed by atoms with Crippen LogP contribution in [0.15, 0.2) is 77.7 Å². The normalized spacial score (nSPS) is 12.2. The van der Waals surface area contributed by atoms with Crippen LogP contribution in [-0.4, -0.2) is 44.3 Å². The Kier molecular flexibility index (Phi) is 10.5. The summed E-state index contributed by atoms with van der Waals surface area (Å²) in [5.41, 5.74) is 2.44. The third-order valence-corrected chi connectivity index (χ3v) is 8.33. The molecular formula is C31H38FN3O4S. The molecule has 1 atom stereocenters. The van der Waals surface area contributed by atoms with E-state index in [4.69, 9.17) is 0 Å². The molecular weight excluding hydrogens is 529 g/mol. The van der Waals surface area contributed by atoms with Gasteiger partial charge in [-0.05, 0) is 56.0 Å². The van der Waals surface area contributed by atoms with Gasteiger partial charge in [-0.3, -0.25) is 13.9 Å². The monoisotopic (exact) mass is 567 g/mol. The van der Waals surface area contributed by atoms with E-state index in [9.17, 15) is 18.0 Å². The van der Waals surface area contributed by atoms with Crippen LogP contribution in [0, 0.1) is 25.6 Å². The second kappa shape index (κ2) is 13.6. The molecule has 3 aromatic carbocycles. The molecule has 0 aliphatic heterocycles. The summed E-state index contributed by atoms with van der Waals surface area (Å²) in [5.74, 6) is -1.52. The minimum atomic E-state index is -4.33. The first kappa shape index (κ1) is 30.8. The first-order chi connectivity index (χ1) is 18.9. The number of nitrogens with one attached hydrogen (secondary N) is 1. The molecule has 40 heavy (non-hydrogen) atoms. The van der Waals surface area contributed by atoms with Gasteiger partial charge in [-0.1, -0.05) is 80.4 Å². The molecule has 0 unspecified atom stereocenters. The molecule has 2 amide bonds. The van der Waals surface area contributed by atoms with Crippen molar-refractivity contribution in [3.05, 3.63) is 95.3 Å². The first-order valence-corrected chi connectivity index (χ1v) is 14.8. The van der Waals surface area contributed by atoms with Gasteiger partial charge in [0.1, 0.15) is 18.4 Å². The second-order valence-electron chi connectivity index (χ2n) is 10.3. The van der Waals surface area contributed by atoms with Gasteiger partial charge >= 0.3 is 0 Å². The van der Waals surface area contributed by atoms with Gasteiger partial charge in [-0.25, -0.2) is 12.8 Å². The molecule has 0 aliphatic carbocycles. The van der Waals surface area contributed by atoms with Crippen LogP contribution in [0.2, 0.25) is 0 Å². The summed E-state index contributed by atoms with van der Waals surface area (Å²) in [6.07, 6.45) is 0.311. The Bertz CT molecular complexity index is 1410. The molecule has 1 N–H and O–H groups in total. The number of carbonyl (C=O) groups is 2. The van der Waals surface area contributed by atoms with Crippen LogP contribution in [0.3, 0.4) is 0 Å². The number of hydrogen-bond donors (Lipinski definition) is 1. The van der Waals surface area contributed by atoms with E-state index in [1.54, 1.807) is 19.1 Å². The third-order valence-electron chi connectivity index (χ3n) is 6.55. The molecule has 0 spiro atoms. The van der Waals surface area contributed by atoms with Crippen molar-refractivity contribution in [3.8, 4) is 0 Å². The number of para-hydroxylation sites is 1. The minimum absolute atomic E-state index is 0.0686. The Morgan fingerprint density at radius 3 is 2.02 bits per heavy atom. The van der Waals surface area contributed by atoms with E-state index in [1.807, 2.05) is 52.0 Å². The van der Waals surface area contributed by atoms with E-state index in [1.165, 1.54) is 35.2 Å². The molecule has 0 aliphatic rings. The van der Waals surface area contributed by atoms with Gasteiger partial charge in [0.15, 0.2) is 0 Å². The summed E-state index contributed by atoms with van der Waals surface area (Å²) in [7, 11) is -4.33. The quantitative estimate of drug-likeness (QED) is 0.325. The number of sulfonamides is 1. The molecule has 0 radical (unpaired) electrons. The topological polar surface area (TPSA) is 86.8 Å². The Morgan fingerprint density at radius 2 is 1.48 bits per heavy atom. The highest BCUT2D eigenvalue weighted by Crippen LogP contribution is 2.27. The molecule has 0 bridgehead atoms. The summed E-state index contributed by atoms with van der Waals surface area (Å²) >= 11 is 0. The summed E-state index contributed by atoms with van der Waals surface area (Å²) in [5, 5.41) is 2.89. The summed E-state index contributed by atoms with van der Waals surface area (Å²) in [6.45, 7) is 9.35. The third kappa shape index (κ3) is 7.69. The smallest absolute Gasteiger partial charge is 0.264 e. The zero-order chi connectivity index (χ0) is 29.4. The zero-order valence-electron chi connectivity index (χ0n) is 23.7. The fourth-order valence-electron chi connectivity index (χ4n) is 4.24. The van der Waals surface area contributed by atoms with E-state index in [-0.39, 0.29) is 29.0 Å². The maximum absolute atomic E-state index is 15.0. The largest absolute Gasteiger partial charge is 0.354 e. The number of aryl methyl sites for hydroxylation is 2. The van der Waals surface area contributed by atoms with Crippen molar-refractivity contribution in [2.24, 2.45) is 5.92 Å². The Balaban J connectivity index is 2.05. The number of nitrogens with zero attached hydrogens (tertiary/aromatic N) is 2. The van der Waals surface area contributed by atoms with Crippen LogP contribution < -0.4 is 9.62 Å².